The van der Waals surface area contributed by atoms with E-state index in [1.807, 2.05) is 35.2 Å². The van der Waals surface area contributed by atoms with E-state index < -0.39 is 9.84 Å². The largest absolute Gasteiger partial charge is 0.493 e. The van der Waals surface area contributed by atoms with Crippen molar-refractivity contribution in [3.05, 3.63) is 77.9 Å². The maximum atomic E-state index is 14.0. The molecule has 51 heavy (non-hydrogen) atoms. The number of aromatic nitrogens is 2. The van der Waals surface area contributed by atoms with Gasteiger partial charge in [-0.2, -0.15) is 0 Å². The van der Waals surface area contributed by atoms with Crippen LogP contribution in [0.3, 0.4) is 0 Å². The summed E-state index contributed by atoms with van der Waals surface area (Å²) in [6.07, 6.45) is 2.77. The summed E-state index contributed by atoms with van der Waals surface area (Å²) in [6, 6.07) is 22.0. The predicted molar refractivity (Wildman–Crippen MR) is 204 cm³/mol. The van der Waals surface area contributed by atoms with E-state index in [2.05, 4.69) is 38.6 Å². The zero-order chi connectivity index (χ0) is 35.3. The fourth-order valence-corrected chi connectivity index (χ4v) is 8.22. The first-order chi connectivity index (χ1) is 24.2. The van der Waals surface area contributed by atoms with Gasteiger partial charge in [0.05, 0.1) is 38.1 Å². The van der Waals surface area contributed by atoms with E-state index in [1.165, 1.54) is 5.56 Å². The second-order valence-electron chi connectivity index (χ2n) is 13.3. The van der Waals surface area contributed by atoms with Crippen molar-refractivity contribution in [3.8, 4) is 17.2 Å². The van der Waals surface area contributed by atoms with Crippen molar-refractivity contribution in [2.45, 2.75) is 38.1 Å². The molecule has 0 N–H and O–H groups in total. The van der Waals surface area contributed by atoms with Gasteiger partial charge in [0, 0.05) is 56.0 Å². The summed E-state index contributed by atoms with van der Waals surface area (Å²) < 4.78 is 43.5. The van der Waals surface area contributed by atoms with E-state index in [-0.39, 0.29) is 35.2 Å². The van der Waals surface area contributed by atoms with E-state index >= 15 is 0 Å². The number of nitrogens with zero attached hydrogens (tertiary/aromatic N) is 5. The van der Waals surface area contributed by atoms with Gasteiger partial charge in [-0.25, -0.2) is 13.4 Å². The van der Waals surface area contributed by atoms with Crippen LogP contribution >= 0.6 is 12.4 Å². The van der Waals surface area contributed by atoms with Crippen LogP contribution in [-0.2, 0) is 21.8 Å². The number of fused-ring (bicyclic) bond motifs is 1. The van der Waals surface area contributed by atoms with Gasteiger partial charge in [-0.1, -0.05) is 49.4 Å². The number of hydrogen-bond donors (Lipinski definition) is 0. The number of ether oxygens (including phenoxy) is 3. The molecule has 0 radical (unpaired) electrons. The summed E-state index contributed by atoms with van der Waals surface area (Å²) in [6.45, 7) is 7.74. The average Bonchev–Trinajstić information content (AvgIpc) is 3.67. The Kier molecular flexibility index (Phi) is 12.4. The second kappa shape index (κ2) is 16.6. The molecule has 2 saturated heterocycles. The number of carbonyl (C=O) groups excluding carboxylic acids is 1. The highest BCUT2D eigenvalue weighted by Gasteiger charge is 2.42. The van der Waals surface area contributed by atoms with Crippen molar-refractivity contribution in [2.75, 3.05) is 83.5 Å². The van der Waals surface area contributed by atoms with Crippen LogP contribution in [0.4, 0.5) is 5.95 Å². The molecule has 6 rings (SSSR count). The van der Waals surface area contributed by atoms with Gasteiger partial charge >= 0.3 is 0 Å². The maximum absolute atomic E-state index is 14.0. The molecular weight excluding hydrogens is 690 g/mol. The van der Waals surface area contributed by atoms with E-state index in [0.717, 1.165) is 69.0 Å². The summed E-state index contributed by atoms with van der Waals surface area (Å²) in [5.74, 6) is 2.40. The molecule has 2 aliphatic heterocycles. The molecule has 2 fully saturated rings. The molecule has 1 aromatic heterocycles. The van der Waals surface area contributed by atoms with Gasteiger partial charge in [-0.05, 0) is 62.2 Å². The summed E-state index contributed by atoms with van der Waals surface area (Å²) in [7, 11) is 1.54. The minimum Gasteiger partial charge on any atom is -0.493 e. The molecule has 0 saturated carbocycles. The Morgan fingerprint density at radius 2 is 1.57 bits per heavy atom. The molecule has 4 aromatic rings. The minimum absolute atomic E-state index is 0. The number of hydrogen-bond acceptors (Lipinski definition) is 9. The van der Waals surface area contributed by atoms with Crippen molar-refractivity contribution >= 4 is 45.1 Å². The van der Waals surface area contributed by atoms with Crippen molar-refractivity contribution in [1.29, 1.82) is 0 Å². The van der Waals surface area contributed by atoms with Gasteiger partial charge in [0.25, 0.3) is 5.91 Å². The highest BCUT2D eigenvalue weighted by atomic mass is 35.5. The Balaban J connectivity index is 0.00000504. The Hall–Kier alpha value is -4.00. The van der Waals surface area contributed by atoms with Crippen molar-refractivity contribution in [2.24, 2.45) is 0 Å². The molecule has 2 aliphatic rings. The quantitative estimate of drug-likeness (QED) is 0.181. The second-order valence-corrected chi connectivity index (χ2v) is 15.7. The lowest BCUT2D eigenvalue weighted by Gasteiger charge is -2.33. The van der Waals surface area contributed by atoms with Crippen molar-refractivity contribution in [1.82, 2.24) is 19.4 Å². The highest BCUT2D eigenvalue weighted by Crippen LogP contribution is 2.41. The molecule has 0 bridgehead atoms. The van der Waals surface area contributed by atoms with Gasteiger partial charge in [0.15, 0.2) is 21.3 Å². The monoisotopic (exact) mass is 739 g/mol. The smallest absolute Gasteiger partial charge is 0.254 e. The minimum atomic E-state index is -3.12. The number of aryl methyl sites for hydroxylation is 1. The summed E-state index contributed by atoms with van der Waals surface area (Å²) in [5.41, 5.74) is 3.44. The fraction of sp³-hybridized carbons (Fsp3) is 0.474. The molecule has 0 aliphatic carbocycles. The highest BCUT2D eigenvalue weighted by molar-refractivity contribution is 7.91. The number of imidazole rings is 1. The third-order valence-electron chi connectivity index (χ3n) is 10.4. The number of carbonyl (C=O) groups is 1. The average molecular weight is 740 g/mol. The van der Waals surface area contributed by atoms with Crippen LogP contribution in [0.1, 0.15) is 42.1 Å². The molecule has 1 unspecified atom stereocenters. The maximum Gasteiger partial charge on any atom is 0.254 e. The van der Waals surface area contributed by atoms with Gasteiger partial charge in [-0.3, -0.25) is 4.79 Å². The van der Waals surface area contributed by atoms with E-state index in [4.69, 9.17) is 19.2 Å². The summed E-state index contributed by atoms with van der Waals surface area (Å²) in [4.78, 5) is 25.7. The van der Waals surface area contributed by atoms with Crippen LogP contribution in [0.5, 0.6) is 17.2 Å². The number of benzene rings is 3. The molecule has 3 heterocycles. The summed E-state index contributed by atoms with van der Waals surface area (Å²) >= 11 is 0. The lowest BCUT2D eigenvalue weighted by molar-refractivity contribution is 0.0780. The fourth-order valence-electron chi connectivity index (χ4n) is 7.47. The molecule has 1 atom stereocenters. The zero-order valence-electron chi connectivity index (χ0n) is 30.0. The Morgan fingerprint density at radius 1 is 0.863 bits per heavy atom. The molecule has 1 amide bonds. The third-order valence-corrected chi connectivity index (χ3v) is 12.1. The van der Waals surface area contributed by atoms with Crippen LogP contribution in [0.15, 0.2) is 66.7 Å². The van der Waals surface area contributed by atoms with Crippen LogP contribution in [0, 0.1) is 0 Å². The number of rotatable bonds is 13. The number of likely N-dealkylation sites (tertiary alicyclic amines) is 1. The van der Waals surface area contributed by atoms with Crippen molar-refractivity contribution in [3.63, 3.8) is 0 Å². The van der Waals surface area contributed by atoms with Gasteiger partial charge < -0.3 is 33.5 Å². The third kappa shape index (κ3) is 8.23. The van der Waals surface area contributed by atoms with E-state index in [0.29, 0.717) is 42.4 Å². The molecule has 3 aromatic carbocycles. The topological polar surface area (TPSA) is 106 Å². The first kappa shape index (κ1) is 38.2. The van der Waals surface area contributed by atoms with Gasteiger partial charge in [-0.15, -0.1) is 12.4 Å². The van der Waals surface area contributed by atoms with E-state index in [1.54, 1.807) is 40.4 Å². The van der Waals surface area contributed by atoms with Gasteiger partial charge in [0.2, 0.25) is 11.7 Å². The van der Waals surface area contributed by atoms with E-state index in [9.17, 15) is 13.2 Å². The normalized spacial score (nSPS) is 18.4. The van der Waals surface area contributed by atoms with Crippen LogP contribution < -0.4 is 19.1 Å². The summed E-state index contributed by atoms with van der Waals surface area (Å²) in [5, 5.41) is 0. The molecule has 0 spiro atoms. The first-order valence-electron chi connectivity index (χ1n) is 17.5. The SMILES string of the molecule is CCS(=O)(=O)CCn1c(N2CCCN(CCC3(c4ccccc4)CCN(C(=O)c4cc(OC)c(OC)c(OC)c4)C3)CC2)nc2ccccc21.Cl. The predicted octanol–water partition coefficient (Wildman–Crippen LogP) is 5.30. The van der Waals surface area contributed by atoms with Crippen LogP contribution in [0.25, 0.3) is 11.0 Å². The zero-order valence-corrected chi connectivity index (χ0v) is 31.7. The number of amides is 1. The van der Waals surface area contributed by atoms with Gasteiger partial charge in [0.1, 0.15) is 0 Å². The lowest BCUT2D eigenvalue weighted by Crippen LogP contribution is -2.39. The molecular formula is C38H50ClN5O6S. The molecule has 11 nitrogen and oxygen atoms in total. The number of halogens is 1. The lowest BCUT2D eigenvalue weighted by atomic mass is 9.76. The first-order valence-corrected chi connectivity index (χ1v) is 19.3. The standard InChI is InChI=1S/C38H49N5O6S.ClH/c1-5-50(45,46)25-24-43-32-15-10-9-14-31(32)39-37(43)41-19-11-18-40(22-23-41)20-16-38(30-12-7-6-8-13-30)17-21-42(28-38)36(44)29-26-33(47-2)35(49-4)34(27-29)48-3;/h6-10,12-15,26-27H,5,11,16-25,28H2,1-4H3;1H. The number of anilines is 1. The number of para-hydroxylation sites is 2. The Bertz CT molecular complexity index is 1880. The Morgan fingerprint density at radius 3 is 2.25 bits per heavy atom. The molecule has 276 valence electrons. The molecule has 13 heteroatoms. The number of sulfone groups is 1. The number of methoxy groups -OCH3 is 3. The van der Waals surface area contributed by atoms with Crippen LogP contribution in [-0.4, -0.2) is 112 Å². The van der Waals surface area contributed by atoms with Crippen molar-refractivity contribution < 1.29 is 27.4 Å². The van der Waals surface area contributed by atoms with Crippen LogP contribution in [0.2, 0.25) is 0 Å². The Labute approximate surface area is 307 Å².